The van der Waals surface area contributed by atoms with Gasteiger partial charge in [-0.05, 0) is 50.3 Å². The molecule has 2 aromatic rings. The molecule has 1 fully saturated rings. The van der Waals surface area contributed by atoms with Crippen LogP contribution in [0.15, 0.2) is 22.7 Å². The molecule has 5 heteroatoms. The molecule has 0 spiro atoms. The number of nitrogens with zero attached hydrogens (tertiary/aromatic N) is 2. The minimum Gasteiger partial charge on any atom is -0.339 e. The van der Waals surface area contributed by atoms with E-state index in [9.17, 15) is 4.79 Å². The smallest absolute Gasteiger partial charge is 0.227 e. The molecule has 5 nitrogen and oxygen atoms in total. The van der Waals surface area contributed by atoms with E-state index in [1.165, 1.54) is 5.56 Å². The molecule has 2 N–H and O–H groups in total. The molecule has 0 saturated heterocycles. The summed E-state index contributed by atoms with van der Waals surface area (Å²) >= 11 is 0. The number of carbonyl (C=O) groups excluding carboxylic acids is 1. The zero-order valence-corrected chi connectivity index (χ0v) is 13.1. The number of hydrogen-bond donors (Lipinski definition) is 1. The summed E-state index contributed by atoms with van der Waals surface area (Å²) in [5.41, 5.74) is 8.79. The van der Waals surface area contributed by atoms with Gasteiger partial charge in [0, 0.05) is 18.4 Å². The summed E-state index contributed by atoms with van der Waals surface area (Å²) in [6.45, 7) is 4.04. The topological polar surface area (TPSA) is 82.0 Å². The molecule has 0 amide bonds. The molecule has 22 heavy (non-hydrogen) atoms. The fraction of sp³-hybridized carbons (Fsp3) is 0.471. The average molecular weight is 299 g/mol. The van der Waals surface area contributed by atoms with Crippen LogP contribution in [0.2, 0.25) is 0 Å². The first kappa shape index (κ1) is 14.9. The second kappa shape index (κ2) is 5.65. The summed E-state index contributed by atoms with van der Waals surface area (Å²) in [5.74, 6) is 1.16. The molecule has 1 aliphatic rings. The Balaban J connectivity index is 1.62. The first-order chi connectivity index (χ1) is 10.5. The van der Waals surface area contributed by atoms with Crippen LogP contribution in [0.1, 0.15) is 58.9 Å². The maximum Gasteiger partial charge on any atom is 0.227 e. The van der Waals surface area contributed by atoms with Crippen molar-refractivity contribution in [1.82, 2.24) is 10.1 Å². The fourth-order valence-electron chi connectivity index (χ4n) is 2.62. The van der Waals surface area contributed by atoms with Crippen molar-refractivity contribution >= 4 is 5.78 Å². The van der Waals surface area contributed by atoms with Crippen LogP contribution in [0, 0.1) is 13.8 Å². The zero-order chi connectivity index (χ0) is 15.7. The quantitative estimate of drug-likeness (QED) is 0.858. The van der Waals surface area contributed by atoms with Crippen LogP contribution >= 0.6 is 0 Å². The molecule has 0 atom stereocenters. The Morgan fingerprint density at radius 2 is 2.09 bits per heavy atom. The molecule has 1 aromatic carbocycles. The number of carbonyl (C=O) groups is 1. The van der Waals surface area contributed by atoms with Crippen LogP contribution in [0.5, 0.6) is 0 Å². The van der Waals surface area contributed by atoms with Crippen LogP contribution in [-0.2, 0) is 12.0 Å². The predicted octanol–water partition coefficient (Wildman–Crippen LogP) is 2.84. The molecule has 0 radical (unpaired) electrons. The summed E-state index contributed by atoms with van der Waals surface area (Å²) in [6.07, 6.45) is 3.71. The monoisotopic (exact) mass is 299 g/mol. The van der Waals surface area contributed by atoms with Gasteiger partial charge in [0.15, 0.2) is 11.6 Å². The lowest BCUT2D eigenvalue weighted by Crippen LogP contribution is -2.44. The molecular weight excluding hydrogens is 278 g/mol. The van der Waals surface area contributed by atoms with E-state index in [2.05, 4.69) is 10.1 Å². The molecule has 1 aliphatic carbocycles. The van der Waals surface area contributed by atoms with Gasteiger partial charge in [-0.25, -0.2) is 0 Å². The number of ketones is 1. The average Bonchev–Trinajstić information content (AvgIpc) is 2.94. The number of aromatic nitrogens is 2. The second-order valence-electron chi connectivity index (χ2n) is 6.24. The Kier molecular flexibility index (Phi) is 3.83. The van der Waals surface area contributed by atoms with Gasteiger partial charge in [-0.3, -0.25) is 4.79 Å². The fourth-order valence-corrected chi connectivity index (χ4v) is 2.62. The third-order valence-electron chi connectivity index (χ3n) is 4.55. The lowest BCUT2D eigenvalue weighted by molar-refractivity contribution is 0.0979. The van der Waals surface area contributed by atoms with E-state index < -0.39 is 5.54 Å². The van der Waals surface area contributed by atoms with Crippen molar-refractivity contribution in [3.8, 4) is 0 Å². The SMILES string of the molecule is Cc1ccc(C(=O)CCc2nc(C3(N)CCC3)no2)cc1C. The second-order valence-corrected chi connectivity index (χ2v) is 6.24. The van der Waals surface area contributed by atoms with Gasteiger partial charge in [-0.15, -0.1) is 0 Å². The van der Waals surface area contributed by atoms with Crippen molar-refractivity contribution < 1.29 is 9.32 Å². The van der Waals surface area contributed by atoms with Crippen molar-refractivity contribution in [2.24, 2.45) is 5.73 Å². The lowest BCUT2D eigenvalue weighted by Gasteiger charge is -2.34. The summed E-state index contributed by atoms with van der Waals surface area (Å²) < 4.78 is 5.22. The molecule has 1 aromatic heterocycles. The highest BCUT2D eigenvalue weighted by molar-refractivity contribution is 5.96. The number of nitrogens with two attached hydrogens (primary N) is 1. The number of benzene rings is 1. The first-order valence-electron chi connectivity index (χ1n) is 7.70. The van der Waals surface area contributed by atoms with Gasteiger partial charge in [-0.1, -0.05) is 17.3 Å². The summed E-state index contributed by atoms with van der Waals surface area (Å²) in [5, 5.41) is 3.96. The Morgan fingerprint density at radius 3 is 2.73 bits per heavy atom. The van der Waals surface area contributed by atoms with Gasteiger partial charge in [0.1, 0.15) is 0 Å². The highest BCUT2D eigenvalue weighted by atomic mass is 16.5. The Hall–Kier alpha value is -2.01. The molecular formula is C17H21N3O2. The van der Waals surface area contributed by atoms with Crippen molar-refractivity contribution in [3.63, 3.8) is 0 Å². The van der Waals surface area contributed by atoms with Gasteiger partial charge in [0.05, 0.1) is 5.54 Å². The molecule has 0 aliphatic heterocycles. The van der Waals surface area contributed by atoms with Gasteiger partial charge in [-0.2, -0.15) is 4.98 Å². The van der Waals surface area contributed by atoms with Crippen molar-refractivity contribution in [2.45, 2.75) is 51.5 Å². The Morgan fingerprint density at radius 1 is 1.32 bits per heavy atom. The van der Waals surface area contributed by atoms with Gasteiger partial charge < -0.3 is 10.3 Å². The minimum atomic E-state index is -0.417. The third kappa shape index (κ3) is 2.81. The van der Waals surface area contributed by atoms with E-state index in [4.69, 9.17) is 10.3 Å². The zero-order valence-electron chi connectivity index (χ0n) is 13.1. The molecule has 3 rings (SSSR count). The maximum atomic E-state index is 12.2. The minimum absolute atomic E-state index is 0.0916. The number of hydrogen-bond acceptors (Lipinski definition) is 5. The first-order valence-corrected chi connectivity index (χ1v) is 7.70. The molecule has 1 saturated carbocycles. The van der Waals surface area contributed by atoms with E-state index in [0.29, 0.717) is 24.6 Å². The highest BCUT2D eigenvalue weighted by Gasteiger charge is 2.38. The van der Waals surface area contributed by atoms with Crippen LogP contribution in [0.4, 0.5) is 0 Å². The van der Waals surface area contributed by atoms with Crippen molar-refractivity contribution in [2.75, 3.05) is 0 Å². The van der Waals surface area contributed by atoms with E-state index in [1.54, 1.807) is 0 Å². The van der Waals surface area contributed by atoms with E-state index >= 15 is 0 Å². The van der Waals surface area contributed by atoms with Crippen molar-refractivity contribution in [1.29, 1.82) is 0 Å². The van der Waals surface area contributed by atoms with Crippen molar-refractivity contribution in [3.05, 3.63) is 46.6 Å². The van der Waals surface area contributed by atoms with E-state index in [-0.39, 0.29) is 5.78 Å². The predicted molar refractivity (Wildman–Crippen MR) is 82.6 cm³/mol. The van der Waals surface area contributed by atoms with Gasteiger partial charge in [0.2, 0.25) is 5.89 Å². The Bertz CT molecular complexity index is 702. The molecule has 0 unspecified atom stereocenters. The normalized spacial score (nSPS) is 16.3. The maximum absolute atomic E-state index is 12.2. The summed E-state index contributed by atoms with van der Waals surface area (Å²) in [6, 6.07) is 5.77. The van der Waals surface area contributed by atoms with E-state index in [1.807, 2.05) is 32.0 Å². The third-order valence-corrected chi connectivity index (χ3v) is 4.55. The molecule has 1 heterocycles. The molecule has 0 bridgehead atoms. The van der Waals surface area contributed by atoms with Crippen LogP contribution in [0.25, 0.3) is 0 Å². The lowest BCUT2D eigenvalue weighted by atomic mass is 9.77. The van der Waals surface area contributed by atoms with Gasteiger partial charge in [0.25, 0.3) is 0 Å². The van der Waals surface area contributed by atoms with E-state index in [0.717, 1.165) is 30.4 Å². The van der Waals surface area contributed by atoms with Gasteiger partial charge >= 0.3 is 0 Å². The number of aryl methyl sites for hydroxylation is 3. The highest BCUT2D eigenvalue weighted by Crippen LogP contribution is 2.36. The Labute approximate surface area is 129 Å². The number of rotatable bonds is 5. The van der Waals surface area contributed by atoms with Crippen LogP contribution in [-0.4, -0.2) is 15.9 Å². The van der Waals surface area contributed by atoms with Crippen LogP contribution < -0.4 is 5.73 Å². The largest absolute Gasteiger partial charge is 0.339 e. The summed E-state index contributed by atoms with van der Waals surface area (Å²) in [4.78, 5) is 16.6. The van der Waals surface area contributed by atoms with Crippen LogP contribution in [0.3, 0.4) is 0 Å². The molecule has 116 valence electrons. The summed E-state index contributed by atoms with van der Waals surface area (Å²) in [7, 11) is 0. The number of Topliss-reactive ketones (excluding diaryl/α,β-unsaturated/α-hetero) is 1. The standard InChI is InChI=1S/C17H21N3O2/c1-11-4-5-13(10-12(11)2)14(21)6-7-15-19-16(20-22-15)17(18)8-3-9-17/h4-5,10H,3,6-9,18H2,1-2H3.